The van der Waals surface area contributed by atoms with Gasteiger partial charge in [-0.25, -0.2) is 4.79 Å². The summed E-state index contributed by atoms with van der Waals surface area (Å²) in [5, 5.41) is 12.1. The number of nitrogens with one attached hydrogen (secondary N) is 1. The summed E-state index contributed by atoms with van der Waals surface area (Å²) in [5.41, 5.74) is 2.55. The second-order valence-electron chi connectivity index (χ2n) is 6.06. The zero-order valence-electron chi connectivity index (χ0n) is 12.7. The predicted molar refractivity (Wildman–Crippen MR) is 81.4 cm³/mol. The molecule has 1 aromatic rings. The Labute approximate surface area is 125 Å². The zero-order chi connectivity index (χ0) is 15.4. The topological polar surface area (TPSA) is 66.4 Å². The highest BCUT2D eigenvalue weighted by atomic mass is 16.4. The van der Waals surface area contributed by atoms with E-state index in [4.69, 9.17) is 0 Å². The van der Waals surface area contributed by atoms with Crippen LogP contribution < -0.4 is 5.32 Å². The fourth-order valence-electron chi connectivity index (χ4n) is 3.18. The summed E-state index contributed by atoms with van der Waals surface area (Å²) in [6.45, 7) is 3.86. The van der Waals surface area contributed by atoms with Gasteiger partial charge in [-0.3, -0.25) is 4.79 Å². The van der Waals surface area contributed by atoms with Crippen LogP contribution in [0.25, 0.3) is 0 Å². The van der Waals surface area contributed by atoms with Crippen molar-refractivity contribution in [2.24, 2.45) is 5.92 Å². The molecule has 0 heterocycles. The van der Waals surface area contributed by atoms with Gasteiger partial charge in [0.2, 0.25) is 0 Å². The number of hydrogen-bond donors (Lipinski definition) is 2. The Morgan fingerprint density at radius 1 is 1.10 bits per heavy atom. The molecule has 2 rings (SSSR count). The quantitative estimate of drug-likeness (QED) is 0.895. The first-order valence-corrected chi connectivity index (χ1v) is 7.59. The molecular weight excluding hydrogens is 266 g/mol. The third kappa shape index (κ3) is 4.06. The van der Waals surface area contributed by atoms with E-state index in [1.165, 1.54) is 0 Å². The fraction of sp³-hybridized carbons (Fsp3) is 0.529. The number of carboxylic acids is 1. The van der Waals surface area contributed by atoms with Crippen molar-refractivity contribution in [1.82, 2.24) is 5.32 Å². The fourth-order valence-corrected chi connectivity index (χ4v) is 3.18. The first kappa shape index (κ1) is 15.5. The van der Waals surface area contributed by atoms with Crippen LogP contribution >= 0.6 is 0 Å². The average Bonchev–Trinajstić information content (AvgIpc) is 2.44. The van der Waals surface area contributed by atoms with Crippen LogP contribution in [-0.2, 0) is 4.79 Å². The first-order valence-electron chi connectivity index (χ1n) is 7.59. The van der Waals surface area contributed by atoms with Gasteiger partial charge in [0.1, 0.15) is 6.04 Å². The number of carboxylic acid groups (broad SMARTS) is 1. The number of amides is 1. The number of carbonyl (C=O) groups is 2. The van der Waals surface area contributed by atoms with Crippen LogP contribution in [0.2, 0.25) is 0 Å². The van der Waals surface area contributed by atoms with Crippen LogP contribution in [0.4, 0.5) is 0 Å². The van der Waals surface area contributed by atoms with Gasteiger partial charge in [-0.1, -0.05) is 36.5 Å². The van der Waals surface area contributed by atoms with Gasteiger partial charge in [-0.15, -0.1) is 0 Å². The number of hydrogen-bond acceptors (Lipinski definition) is 2. The van der Waals surface area contributed by atoms with Crippen LogP contribution in [0.3, 0.4) is 0 Å². The molecule has 0 spiro atoms. The van der Waals surface area contributed by atoms with Gasteiger partial charge in [-0.2, -0.15) is 0 Å². The maximum atomic E-state index is 12.3. The molecule has 4 heteroatoms. The number of carbonyl (C=O) groups excluding carboxylic acids is 1. The summed E-state index contributed by atoms with van der Waals surface area (Å²) >= 11 is 0. The Morgan fingerprint density at radius 3 is 2.19 bits per heavy atom. The number of aryl methyl sites for hydroxylation is 2. The van der Waals surface area contributed by atoms with Gasteiger partial charge in [0.05, 0.1) is 0 Å². The van der Waals surface area contributed by atoms with Crippen molar-refractivity contribution in [3.63, 3.8) is 0 Å². The molecule has 1 aliphatic rings. The summed E-state index contributed by atoms with van der Waals surface area (Å²) in [7, 11) is 0. The van der Waals surface area contributed by atoms with E-state index in [-0.39, 0.29) is 11.8 Å². The molecule has 1 amide bonds. The van der Waals surface area contributed by atoms with Crippen molar-refractivity contribution in [2.75, 3.05) is 0 Å². The van der Waals surface area contributed by atoms with E-state index in [0.29, 0.717) is 5.56 Å². The smallest absolute Gasteiger partial charge is 0.326 e. The summed E-state index contributed by atoms with van der Waals surface area (Å²) in [6, 6.07) is 4.80. The van der Waals surface area contributed by atoms with Crippen LogP contribution in [0.15, 0.2) is 18.2 Å². The molecule has 114 valence electrons. The molecule has 21 heavy (non-hydrogen) atoms. The monoisotopic (exact) mass is 289 g/mol. The van der Waals surface area contributed by atoms with Crippen molar-refractivity contribution in [1.29, 1.82) is 0 Å². The lowest BCUT2D eigenvalue weighted by Crippen LogP contribution is -2.46. The van der Waals surface area contributed by atoms with Crippen molar-refractivity contribution < 1.29 is 14.7 Å². The van der Waals surface area contributed by atoms with E-state index in [0.717, 1.165) is 43.2 Å². The molecule has 0 radical (unpaired) electrons. The van der Waals surface area contributed by atoms with Crippen LogP contribution in [0, 0.1) is 19.8 Å². The lowest BCUT2D eigenvalue weighted by atomic mass is 9.84. The van der Waals surface area contributed by atoms with Crippen molar-refractivity contribution in [2.45, 2.75) is 52.0 Å². The van der Waals surface area contributed by atoms with Crippen molar-refractivity contribution in [3.8, 4) is 0 Å². The maximum Gasteiger partial charge on any atom is 0.326 e. The van der Waals surface area contributed by atoms with Gasteiger partial charge >= 0.3 is 5.97 Å². The zero-order valence-corrected chi connectivity index (χ0v) is 12.7. The van der Waals surface area contributed by atoms with Crippen LogP contribution in [-0.4, -0.2) is 23.0 Å². The summed E-state index contributed by atoms with van der Waals surface area (Å²) < 4.78 is 0. The molecule has 1 atom stereocenters. The van der Waals surface area contributed by atoms with Gasteiger partial charge in [-0.05, 0) is 44.7 Å². The lowest BCUT2D eigenvalue weighted by Gasteiger charge is -2.28. The standard InChI is InChI=1S/C17H23NO3/c1-11-8-12(2)10-14(9-11)16(19)18-15(17(20)21)13-6-4-3-5-7-13/h8-10,13,15H,3-7H2,1-2H3,(H,18,19)(H,20,21)/t15-/m1/s1. The van der Waals surface area contributed by atoms with Gasteiger partial charge < -0.3 is 10.4 Å². The Kier molecular flexibility index (Phi) is 4.99. The van der Waals surface area contributed by atoms with E-state index in [1.807, 2.05) is 19.9 Å². The van der Waals surface area contributed by atoms with Crippen LogP contribution in [0.1, 0.15) is 53.6 Å². The highest BCUT2D eigenvalue weighted by molar-refractivity contribution is 5.97. The molecule has 4 nitrogen and oxygen atoms in total. The van der Waals surface area contributed by atoms with E-state index >= 15 is 0 Å². The molecule has 2 N–H and O–H groups in total. The normalized spacial score (nSPS) is 17.2. The highest BCUT2D eigenvalue weighted by Gasteiger charge is 2.30. The molecule has 0 aromatic heterocycles. The number of rotatable bonds is 4. The Hall–Kier alpha value is -1.84. The second-order valence-corrected chi connectivity index (χ2v) is 6.06. The largest absolute Gasteiger partial charge is 0.480 e. The number of aliphatic carboxylic acids is 1. The molecule has 0 aliphatic heterocycles. The molecule has 0 unspecified atom stereocenters. The van der Waals surface area contributed by atoms with Crippen molar-refractivity contribution >= 4 is 11.9 Å². The third-order valence-electron chi connectivity index (χ3n) is 4.16. The van der Waals surface area contributed by atoms with Gasteiger partial charge in [0.25, 0.3) is 5.91 Å². The summed E-state index contributed by atoms with van der Waals surface area (Å²) in [4.78, 5) is 23.8. The molecule has 0 bridgehead atoms. The Balaban J connectivity index is 2.12. The van der Waals surface area contributed by atoms with Crippen LogP contribution in [0.5, 0.6) is 0 Å². The predicted octanol–water partition coefficient (Wildman–Crippen LogP) is 3.07. The second kappa shape index (κ2) is 6.74. The molecule has 1 saturated carbocycles. The number of benzene rings is 1. The Bertz CT molecular complexity index is 513. The SMILES string of the molecule is Cc1cc(C)cc(C(=O)N[C@@H](C(=O)O)C2CCCCC2)c1. The summed E-state index contributed by atoms with van der Waals surface area (Å²) in [6.07, 6.45) is 5.02. The van der Waals surface area contributed by atoms with E-state index in [1.54, 1.807) is 12.1 Å². The molecule has 1 aliphatic carbocycles. The molecular formula is C17H23NO3. The average molecular weight is 289 g/mol. The summed E-state index contributed by atoms with van der Waals surface area (Å²) in [5.74, 6) is -1.18. The highest BCUT2D eigenvalue weighted by Crippen LogP contribution is 2.27. The van der Waals surface area contributed by atoms with Gasteiger partial charge in [0, 0.05) is 5.56 Å². The minimum atomic E-state index is -0.931. The first-order chi connectivity index (χ1) is 9.97. The Morgan fingerprint density at radius 2 is 1.67 bits per heavy atom. The van der Waals surface area contributed by atoms with Crippen molar-refractivity contribution in [3.05, 3.63) is 34.9 Å². The minimum Gasteiger partial charge on any atom is -0.480 e. The third-order valence-corrected chi connectivity index (χ3v) is 4.16. The van der Waals surface area contributed by atoms with Gasteiger partial charge in [0.15, 0.2) is 0 Å². The van der Waals surface area contributed by atoms with E-state index in [2.05, 4.69) is 5.32 Å². The molecule has 1 fully saturated rings. The maximum absolute atomic E-state index is 12.3. The molecule has 0 saturated heterocycles. The lowest BCUT2D eigenvalue weighted by molar-refractivity contribution is -0.141. The minimum absolute atomic E-state index is 0.0473. The molecule has 1 aromatic carbocycles. The van der Waals surface area contributed by atoms with E-state index < -0.39 is 12.0 Å². The van der Waals surface area contributed by atoms with E-state index in [9.17, 15) is 14.7 Å².